The van der Waals surface area contributed by atoms with Crippen LogP contribution in [0, 0.1) is 0 Å². The van der Waals surface area contributed by atoms with Crippen molar-refractivity contribution >= 4 is 23.2 Å². The van der Waals surface area contributed by atoms with Crippen molar-refractivity contribution in [2.24, 2.45) is 0 Å². The van der Waals surface area contributed by atoms with Crippen molar-refractivity contribution in [1.29, 1.82) is 0 Å². The minimum atomic E-state index is -4.28. The first-order chi connectivity index (χ1) is 9.75. The van der Waals surface area contributed by atoms with Gasteiger partial charge in [-0.3, -0.25) is 0 Å². The number of ether oxygens (including phenoxy) is 1. The Labute approximate surface area is 130 Å². The van der Waals surface area contributed by atoms with Gasteiger partial charge in [-0.15, -0.1) is 0 Å². The third-order valence-corrected chi connectivity index (χ3v) is 3.48. The van der Waals surface area contributed by atoms with Gasteiger partial charge in [-0.1, -0.05) is 30.1 Å². The SMILES string of the molecule is CCCNC(c1cc(Cl)c(OC)cc1Cl)C(F)(F)C(F)F. The van der Waals surface area contributed by atoms with E-state index in [9.17, 15) is 17.6 Å². The number of halogens is 6. The summed E-state index contributed by atoms with van der Waals surface area (Å²) in [6, 6.07) is 0.404. The second-order valence-corrected chi connectivity index (χ2v) is 5.19. The lowest BCUT2D eigenvalue weighted by atomic mass is 10.00. The van der Waals surface area contributed by atoms with Crippen molar-refractivity contribution in [1.82, 2.24) is 5.32 Å². The number of benzene rings is 1. The van der Waals surface area contributed by atoms with E-state index in [0.29, 0.717) is 6.42 Å². The summed E-state index contributed by atoms with van der Waals surface area (Å²) < 4.78 is 57.8. The average Bonchev–Trinajstić information content (AvgIpc) is 2.41. The third kappa shape index (κ3) is 4.14. The van der Waals surface area contributed by atoms with E-state index in [2.05, 4.69) is 5.32 Å². The summed E-state index contributed by atoms with van der Waals surface area (Å²) in [5, 5.41) is 2.30. The smallest absolute Gasteiger partial charge is 0.326 e. The summed E-state index contributed by atoms with van der Waals surface area (Å²) in [6.07, 6.45) is -3.33. The number of hydrogen-bond donors (Lipinski definition) is 1. The molecule has 0 fully saturated rings. The largest absolute Gasteiger partial charge is 0.495 e. The molecule has 21 heavy (non-hydrogen) atoms. The van der Waals surface area contributed by atoms with E-state index in [4.69, 9.17) is 27.9 Å². The molecule has 1 aromatic carbocycles. The minimum absolute atomic E-state index is 0.0188. The van der Waals surface area contributed by atoms with Crippen molar-refractivity contribution in [3.63, 3.8) is 0 Å². The van der Waals surface area contributed by atoms with Gasteiger partial charge in [-0.05, 0) is 24.6 Å². The van der Waals surface area contributed by atoms with Crippen molar-refractivity contribution in [3.05, 3.63) is 27.7 Å². The van der Waals surface area contributed by atoms with Crippen LogP contribution < -0.4 is 10.1 Å². The number of rotatable bonds is 7. The van der Waals surface area contributed by atoms with Gasteiger partial charge in [0.2, 0.25) is 0 Å². The summed E-state index contributed by atoms with van der Waals surface area (Å²) in [6.45, 7) is 1.86. The van der Waals surface area contributed by atoms with Crippen LogP contribution >= 0.6 is 23.2 Å². The Kier molecular flexibility index (Phi) is 6.56. The molecule has 0 aliphatic rings. The van der Waals surface area contributed by atoms with Gasteiger partial charge in [0.15, 0.2) is 0 Å². The molecule has 1 rings (SSSR count). The second-order valence-electron chi connectivity index (χ2n) is 4.37. The summed E-state index contributed by atoms with van der Waals surface area (Å²) in [5.74, 6) is -4.10. The Bertz CT molecular complexity index is 485. The molecule has 8 heteroatoms. The Balaban J connectivity index is 3.29. The molecule has 0 radical (unpaired) electrons. The molecule has 0 saturated carbocycles. The van der Waals surface area contributed by atoms with Gasteiger partial charge in [0.25, 0.3) is 0 Å². The lowest BCUT2D eigenvalue weighted by Crippen LogP contribution is -2.43. The van der Waals surface area contributed by atoms with Crippen molar-refractivity contribution in [3.8, 4) is 5.75 Å². The minimum Gasteiger partial charge on any atom is -0.495 e. The van der Waals surface area contributed by atoms with Crippen LogP contribution in [0.1, 0.15) is 24.9 Å². The normalized spacial score (nSPS) is 13.6. The molecule has 1 aromatic rings. The highest BCUT2D eigenvalue weighted by Gasteiger charge is 2.50. The zero-order valence-corrected chi connectivity index (χ0v) is 12.9. The molecule has 1 N–H and O–H groups in total. The standard InChI is InChI=1S/C13H15Cl2F4NO/c1-3-4-20-11(13(18,19)12(16)17)7-5-9(15)10(21-2)6-8(7)14/h5-6,11-12,20H,3-4H2,1-2H3. The fourth-order valence-corrected chi connectivity index (χ4v) is 2.30. The Morgan fingerprint density at radius 3 is 2.33 bits per heavy atom. The molecule has 0 aliphatic carbocycles. The second kappa shape index (κ2) is 7.51. The molecule has 120 valence electrons. The van der Waals surface area contributed by atoms with E-state index >= 15 is 0 Å². The number of methoxy groups -OCH3 is 1. The molecule has 1 atom stereocenters. The molecule has 0 spiro atoms. The molecule has 1 unspecified atom stereocenters. The molecule has 0 bridgehead atoms. The van der Waals surface area contributed by atoms with Gasteiger partial charge < -0.3 is 10.1 Å². The van der Waals surface area contributed by atoms with Crippen LogP contribution in [0.25, 0.3) is 0 Å². The van der Waals surface area contributed by atoms with Gasteiger partial charge in [0.1, 0.15) is 11.8 Å². The highest BCUT2D eigenvalue weighted by atomic mass is 35.5. The summed E-state index contributed by atoms with van der Waals surface area (Å²) in [4.78, 5) is 0. The van der Waals surface area contributed by atoms with E-state index in [1.54, 1.807) is 6.92 Å². The van der Waals surface area contributed by atoms with E-state index in [-0.39, 0.29) is 27.9 Å². The van der Waals surface area contributed by atoms with Gasteiger partial charge >= 0.3 is 12.3 Å². The number of alkyl halides is 4. The Morgan fingerprint density at radius 1 is 1.24 bits per heavy atom. The molecule has 0 aliphatic heterocycles. The Hall–Kier alpha value is -0.720. The first kappa shape index (κ1) is 18.3. The summed E-state index contributed by atoms with van der Waals surface area (Å²) in [5.41, 5.74) is -0.193. The van der Waals surface area contributed by atoms with E-state index in [0.717, 1.165) is 6.07 Å². The maximum Gasteiger partial charge on any atom is 0.326 e. The van der Waals surface area contributed by atoms with Crippen LogP contribution in [0.3, 0.4) is 0 Å². The van der Waals surface area contributed by atoms with E-state index in [1.165, 1.54) is 13.2 Å². The van der Waals surface area contributed by atoms with E-state index < -0.39 is 18.4 Å². The van der Waals surface area contributed by atoms with Gasteiger partial charge in [-0.2, -0.15) is 8.78 Å². The monoisotopic (exact) mass is 347 g/mol. The molecule has 0 saturated heterocycles. The lowest BCUT2D eigenvalue weighted by molar-refractivity contribution is -0.151. The lowest BCUT2D eigenvalue weighted by Gasteiger charge is -2.28. The molecule has 2 nitrogen and oxygen atoms in total. The molecular weight excluding hydrogens is 333 g/mol. The van der Waals surface area contributed by atoms with Crippen LogP contribution in [0.4, 0.5) is 17.6 Å². The molecule has 0 aromatic heterocycles. The van der Waals surface area contributed by atoms with Crippen LogP contribution in [0.2, 0.25) is 10.0 Å². The van der Waals surface area contributed by atoms with Gasteiger partial charge in [0, 0.05) is 11.1 Å². The van der Waals surface area contributed by atoms with Crippen molar-refractivity contribution in [2.45, 2.75) is 31.7 Å². The zero-order chi connectivity index (χ0) is 16.2. The first-order valence-electron chi connectivity index (χ1n) is 6.17. The summed E-state index contributed by atoms with van der Waals surface area (Å²) in [7, 11) is 1.33. The topological polar surface area (TPSA) is 21.3 Å². The number of nitrogens with one attached hydrogen (secondary N) is 1. The quantitative estimate of drug-likeness (QED) is 0.705. The van der Waals surface area contributed by atoms with Crippen molar-refractivity contribution in [2.75, 3.05) is 13.7 Å². The van der Waals surface area contributed by atoms with Crippen LogP contribution in [0.5, 0.6) is 5.75 Å². The predicted octanol–water partition coefficient (Wildman–Crippen LogP) is 4.94. The van der Waals surface area contributed by atoms with Crippen LogP contribution in [-0.2, 0) is 0 Å². The summed E-state index contributed by atoms with van der Waals surface area (Å²) >= 11 is 11.8. The van der Waals surface area contributed by atoms with Crippen LogP contribution in [0.15, 0.2) is 12.1 Å². The third-order valence-electron chi connectivity index (χ3n) is 2.86. The first-order valence-corrected chi connectivity index (χ1v) is 6.93. The highest BCUT2D eigenvalue weighted by molar-refractivity contribution is 6.34. The fourth-order valence-electron chi connectivity index (χ4n) is 1.79. The maximum absolute atomic E-state index is 13.8. The van der Waals surface area contributed by atoms with Crippen molar-refractivity contribution < 1.29 is 22.3 Å². The fraction of sp³-hybridized carbons (Fsp3) is 0.538. The number of hydrogen-bond acceptors (Lipinski definition) is 2. The molecular formula is C13H15Cl2F4NO. The molecule has 0 amide bonds. The predicted molar refractivity (Wildman–Crippen MR) is 75.0 cm³/mol. The van der Waals surface area contributed by atoms with Gasteiger partial charge in [-0.25, -0.2) is 8.78 Å². The van der Waals surface area contributed by atoms with Gasteiger partial charge in [0.05, 0.1) is 12.1 Å². The molecule has 0 heterocycles. The maximum atomic E-state index is 13.8. The van der Waals surface area contributed by atoms with E-state index in [1.807, 2.05) is 0 Å². The average molecular weight is 348 g/mol. The highest BCUT2D eigenvalue weighted by Crippen LogP contribution is 2.42. The van der Waals surface area contributed by atoms with Crippen LogP contribution in [-0.4, -0.2) is 26.0 Å². The zero-order valence-electron chi connectivity index (χ0n) is 11.4. The Morgan fingerprint density at radius 2 is 1.86 bits per heavy atom.